The number of anilines is 2. The summed E-state index contributed by atoms with van der Waals surface area (Å²) in [5.41, 5.74) is 2.08. The van der Waals surface area contributed by atoms with E-state index in [2.05, 4.69) is 28.0 Å². The molecular weight excluding hydrogens is 250 g/mol. The third-order valence-corrected chi connectivity index (χ3v) is 2.96. The van der Waals surface area contributed by atoms with Gasteiger partial charge in [-0.3, -0.25) is 0 Å². The van der Waals surface area contributed by atoms with E-state index in [9.17, 15) is 0 Å². The number of benzene rings is 1. The van der Waals surface area contributed by atoms with E-state index in [1.54, 1.807) is 0 Å². The predicted molar refractivity (Wildman–Crippen MR) is 82.4 cm³/mol. The summed E-state index contributed by atoms with van der Waals surface area (Å²) in [6.45, 7) is 6.70. The van der Waals surface area contributed by atoms with Crippen LogP contribution in [0.1, 0.15) is 25.5 Å². The number of rotatable bonds is 8. The Kier molecular flexibility index (Phi) is 5.62. The van der Waals surface area contributed by atoms with Crippen molar-refractivity contribution in [3.05, 3.63) is 42.2 Å². The van der Waals surface area contributed by atoms with E-state index in [-0.39, 0.29) is 0 Å². The molecule has 2 rings (SSSR count). The second-order valence-corrected chi connectivity index (χ2v) is 4.86. The van der Waals surface area contributed by atoms with Crippen molar-refractivity contribution in [3.63, 3.8) is 0 Å². The first kappa shape index (κ1) is 14.6. The number of aromatic nitrogens is 2. The molecule has 4 nitrogen and oxygen atoms in total. The Morgan fingerprint density at radius 1 is 1.20 bits per heavy atom. The lowest BCUT2D eigenvalue weighted by atomic mass is 10.3. The fourth-order valence-electron chi connectivity index (χ4n) is 2.05. The highest BCUT2D eigenvalue weighted by Crippen LogP contribution is 2.16. The minimum Gasteiger partial charge on any atom is -0.381 e. The van der Waals surface area contributed by atoms with Gasteiger partial charge in [-0.05, 0) is 31.9 Å². The summed E-state index contributed by atoms with van der Waals surface area (Å²) >= 11 is 0. The number of para-hydroxylation sites is 1. The molecule has 0 saturated carbocycles. The normalized spacial score (nSPS) is 10.7. The van der Waals surface area contributed by atoms with Gasteiger partial charge in [0.2, 0.25) is 5.95 Å². The van der Waals surface area contributed by atoms with Crippen molar-refractivity contribution in [3.8, 4) is 0 Å². The van der Waals surface area contributed by atoms with Gasteiger partial charge in [0, 0.05) is 31.6 Å². The zero-order valence-corrected chi connectivity index (χ0v) is 12.3. The van der Waals surface area contributed by atoms with Crippen molar-refractivity contribution >= 4 is 11.6 Å². The van der Waals surface area contributed by atoms with E-state index in [1.807, 2.05) is 37.3 Å². The molecule has 2 aromatic rings. The topological polar surface area (TPSA) is 39.1 Å². The maximum atomic E-state index is 5.52. The van der Waals surface area contributed by atoms with Gasteiger partial charge in [-0.15, -0.1) is 0 Å². The standard InChI is InChI=1S/C16H23N3O/c1-3-11-20-12-7-10-19-13-14(2)17-16(19)18-15-8-5-4-6-9-15/h4-6,8-9,13H,3,7,10-12H2,1-2H3,(H,17,18). The first-order valence-electron chi connectivity index (χ1n) is 7.23. The van der Waals surface area contributed by atoms with Crippen molar-refractivity contribution in [1.29, 1.82) is 0 Å². The molecule has 1 heterocycles. The molecule has 108 valence electrons. The minimum atomic E-state index is 0.801. The van der Waals surface area contributed by atoms with Crippen LogP contribution in [0.2, 0.25) is 0 Å². The van der Waals surface area contributed by atoms with E-state index in [0.717, 1.165) is 49.9 Å². The van der Waals surface area contributed by atoms with Gasteiger partial charge in [0.25, 0.3) is 0 Å². The Labute approximate surface area is 120 Å². The average molecular weight is 273 g/mol. The van der Waals surface area contributed by atoms with Crippen molar-refractivity contribution in [2.45, 2.75) is 33.2 Å². The number of hydrogen-bond acceptors (Lipinski definition) is 3. The zero-order valence-electron chi connectivity index (χ0n) is 12.3. The summed E-state index contributed by atoms with van der Waals surface area (Å²) in [6, 6.07) is 10.1. The third-order valence-electron chi connectivity index (χ3n) is 2.96. The molecule has 0 aliphatic heterocycles. The van der Waals surface area contributed by atoms with Crippen LogP contribution in [0.25, 0.3) is 0 Å². The molecule has 1 N–H and O–H groups in total. The Morgan fingerprint density at radius 3 is 2.75 bits per heavy atom. The molecule has 0 saturated heterocycles. The molecule has 20 heavy (non-hydrogen) atoms. The summed E-state index contributed by atoms with van der Waals surface area (Å²) < 4.78 is 7.67. The van der Waals surface area contributed by atoms with Crippen LogP contribution in [0.3, 0.4) is 0 Å². The molecule has 1 aromatic heterocycles. The molecule has 0 unspecified atom stereocenters. The van der Waals surface area contributed by atoms with E-state index in [0.29, 0.717) is 0 Å². The molecule has 1 aromatic carbocycles. The number of hydrogen-bond donors (Lipinski definition) is 1. The lowest BCUT2D eigenvalue weighted by Gasteiger charge is -2.09. The summed E-state index contributed by atoms with van der Waals surface area (Å²) in [7, 11) is 0. The Balaban J connectivity index is 1.92. The predicted octanol–water partition coefficient (Wildman–Crippen LogP) is 3.75. The highest BCUT2D eigenvalue weighted by molar-refractivity contribution is 5.53. The number of aryl methyl sites for hydroxylation is 2. The molecule has 0 fully saturated rings. The van der Waals surface area contributed by atoms with E-state index >= 15 is 0 Å². The SMILES string of the molecule is CCCOCCCn1cc(C)nc1Nc1ccccc1. The Morgan fingerprint density at radius 2 is 2.00 bits per heavy atom. The van der Waals surface area contributed by atoms with E-state index < -0.39 is 0 Å². The lowest BCUT2D eigenvalue weighted by molar-refractivity contribution is 0.129. The van der Waals surface area contributed by atoms with Crippen molar-refractivity contribution in [2.24, 2.45) is 0 Å². The third kappa shape index (κ3) is 4.38. The van der Waals surface area contributed by atoms with Gasteiger partial charge in [-0.25, -0.2) is 4.98 Å². The smallest absolute Gasteiger partial charge is 0.207 e. The Bertz CT molecular complexity index is 508. The van der Waals surface area contributed by atoms with Gasteiger partial charge in [0.1, 0.15) is 0 Å². The van der Waals surface area contributed by atoms with Gasteiger partial charge in [-0.1, -0.05) is 25.1 Å². The largest absolute Gasteiger partial charge is 0.381 e. The molecule has 0 radical (unpaired) electrons. The van der Waals surface area contributed by atoms with Crippen LogP contribution in [0.5, 0.6) is 0 Å². The summed E-state index contributed by atoms with van der Waals surface area (Å²) in [5.74, 6) is 0.893. The van der Waals surface area contributed by atoms with E-state index in [1.165, 1.54) is 0 Å². The molecule has 0 aliphatic carbocycles. The molecule has 0 amide bonds. The summed E-state index contributed by atoms with van der Waals surface area (Å²) in [5, 5.41) is 3.36. The number of imidazole rings is 1. The maximum absolute atomic E-state index is 5.52. The van der Waals surface area contributed by atoms with Crippen LogP contribution in [-0.2, 0) is 11.3 Å². The average Bonchev–Trinajstić information content (AvgIpc) is 2.80. The first-order chi connectivity index (χ1) is 9.79. The zero-order chi connectivity index (χ0) is 14.2. The second kappa shape index (κ2) is 7.70. The van der Waals surface area contributed by atoms with Crippen molar-refractivity contribution in [2.75, 3.05) is 18.5 Å². The van der Waals surface area contributed by atoms with Gasteiger partial charge in [0.05, 0.1) is 5.69 Å². The highest BCUT2D eigenvalue weighted by Gasteiger charge is 2.05. The molecule has 0 atom stereocenters. The summed E-state index contributed by atoms with van der Waals surface area (Å²) in [4.78, 5) is 4.53. The fourth-order valence-corrected chi connectivity index (χ4v) is 2.05. The Hall–Kier alpha value is -1.81. The van der Waals surface area contributed by atoms with Crippen LogP contribution in [0, 0.1) is 6.92 Å². The van der Waals surface area contributed by atoms with Crippen LogP contribution in [0.4, 0.5) is 11.6 Å². The first-order valence-corrected chi connectivity index (χ1v) is 7.23. The van der Waals surface area contributed by atoms with E-state index in [4.69, 9.17) is 4.74 Å². The van der Waals surface area contributed by atoms with Gasteiger partial charge >= 0.3 is 0 Å². The van der Waals surface area contributed by atoms with Gasteiger partial charge < -0.3 is 14.6 Å². The van der Waals surface area contributed by atoms with Crippen molar-refractivity contribution < 1.29 is 4.74 Å². The number of ether oxygens (including phenoxy) is 1. The molecule has 4 heteroatoms. The molecule has 0 spiro atoms. The quantitative estimate of drug-likeness (QED) is 0.744. The fraction of sp³-hybridized carbons (Fsp3) is 0.438. The van der Waals surface area contributed by atoms with Crippen LogP contribution in [0.15, 0.2) is 36.5 Å². The number of nitrogens with one attached hydrogen (secondary N) is 1. The molecular formula is C16H23N3O. The molecule has 0 aliphatic rings. The minimum absolute atomic E-state index is 0.801. The van der Waals surface area contributed by atoms with Crippen LogP contribution >= 0.6 is 0 Å². The van der Waals surface area contributed by atoms with Gasteiger partial charge in [0.15, 0.2) is 0 Å². The summed E-state index contributed by atoms with van der Waals surface area (Å²) in [6.07, 6.45) is 4.15. The maximum Gasteiger partial charge on any atom is 0.207 e. The van der Waals surface area contributed by atoms with Crippen molar-refractivity contribution in [1.82, 2.24) is 9.55 Å². The van der Waals surface area contributed by atoms with Crippen LogP contribution in [-0.4, -0.2) is 22.8 Å². The monoisotopic (exact) mass is 273 g/mol. The molecule has 0 bridgehead atoms. The van der Waals surface area contributed by atoms with Gasteiger partial charge in [-0.2, -0.15) is 0 Å². The van der Waals surface area contributed by atoms with Crippen LogP contribution < -0.4 is 5.32 Å². The number of nitrogens with zero attached hydrogens (tertiary/aromatic N) is 2. The lowest BCUT2D eigenvalue weighted by Crippen LogP contribution is -2.06. The second-order valence-electron chi connectivity index (χ2n) is 4.86. The highest BCUT2D eigenvalue weighted by atomic mass is 16.5.